The molecular formula is C24H25ClN2O5S. The van der Waals surface area contributed by atoms with Crippen LogP contribution in [0.4, 0.5) is 5.69 Å². The number of rotatable bonds is 10. The molecule has 1 N–H and O–H groups in total. The number of benzene rings is 3. The van der Waals surface area contributed by atoms with Gasteiger partial charge in [0.05, 0.1) is 23.7 Å². The first-order chi connectivity index (χ1) is 15.8. The van der Waals surface area contributed by atoms with Gasteiger partial charge in [-0.25, -0.2) is 8.42 Å². The molecule has 9 heteroatoms. The van der Waals surface area contributed by atoms with Crippen molar-refractivity contribution in [1.29, 1.82) is 0 Å². The summed E-state index contributed by atoms with van der Waals surface area (Å²) in [6.45, 7) is 1.57. The van der Waals surface area contributed by atoms with Crippen LogP contribution in [0.3, 0.4) is 0 Å². The van der Waals surface area contributed by atoms with Gasteiger partial charge < -0.3 is 14.8 Å². The summed E-state index contributed by atoms with van der Waals surface area (Å²) in [4.78, 5) is 12.9. The van der Waals surface area contributed by atoms with Crippen molar-refractivity contribution < 1.29 is 22.7 Å². The molecule has 0 aliphatic rings. The molecule has 0 fully saturated rings. The van der Waals surface area contributed by atoms with Crippen LogP contribution in [0.5, 0.6) is 11.5 Å². The first kappa shape index (κ1) is 24.4. The van der Waals surface area contributed by atoms with Gasteiger partial charge in [-0.05, 0) is 61.5 Å². The van der Waals surface area contributed by atoms with Gasteiger partial charge in [0.25, 0.3) is 10.0 Å². The molecule has 0 saturated carbocycles. The first-order valence-electron chi connectivity index (χ1n) is 10.2. The maximum atomic E-state index is 13.3. The molecule has 3 aromatic carbocycles. The normalized spacial score (nSPS) is 12.0. The number of amides is 1. The lowest BCUT2D eigenvalue weighted by molar-refractivity contribution is -0.120. The lowest BCUT2D eigenvalue weighted by Gasteiger charge is -2.25. The fraction of sp³-hybridized carbons (Fsp3) is 0.208. The number of sulfonamides is 1. The topological polar surface area (TPSA) is 84.9 Å². The van der Waals surface area contributed by atoms with E-state index in [-0.39, 0.29) is 17.5 Å². The average Bonchev–Trinajstić information content (AvgIpc) is 2.82. The number of hydrogen-bond acceptors (Lipinski definition) is 5. The van der Waals surface area contributed by atoms with E-state index < -0.39 is 22.5 Å². The molecule has 7 nitrogen and oxygen atoms in total. The Kier molecular flexibility index (Phi) is 8.19. The molecule has 0 spiro atoms. The van der Waals surface area contributed by atoms with E-state index in [1.807, 2.05) is 0 Å². The number of anilines is 1. The van der Waals surface area contributed by atoms with Gasteiger partial charge in [0.1, 0.15) is 24.7 Å². The molecular weight excluding hydrogens is 464 g/mol. The van der Waals surface area contributed by atoms with Crippen LogP contribution in [0.1, 0.15) is 6.92 Å². The summed E-state index contributed by atoms with van der Waals surface area (Å²) in [7, 11) is -2.41. The van der Waals surface area contributed by atoms with Crippen molar-refractivity contribution in [2.45, 2.75) is 17.9 Å². The highest BCUT2D eigenvalue weighted by atomic mass is 35.5. The van der Waals surface area contributed by atoms with E-state index in [1.165, 1.54) is 18.2 Å². The van der Waals surface area contributed by atoms with E-state index in [0.29, 0.717) is 22.2 Å². The minimum absolute atomic E-state index is 0.0775. The smallest absolute Gasteiger partial charge is 0.264 e. The van der Waals surface area contributed by atoms with Gasteiger partial charge in [-0.2, -0.15) is 0 Å². The van der Waals surface area contributed by atoms with Gasteiger partial charge in [-0.3, -0.25) is 9.10 Å². The number of nitrogens with one attached hydrogen (secondary N) is 1. The molecule has 3 rings (SSSR count). The van der Waals surface area contributed by atoms with Crippen LogP contribution in [0.15, 0.2) is 83.8 Å². The first-order valence-corrected chi connectivity index (χ1v) is 12.0. The second kappa shape index (κ2) is 11.1. The maximum Gasteiger partial charge on any atom is 0.264 e. The number of methoxy groups -OCH3 is 1. The Morgan fingerprint density at radius 1 is 1.00 bits per heavy atom. The van der Waals surface area contributed by atoms with Crippen molar-refractivity contribution in [1.82, 2.24) is 5.32 Å². The molecule has 1 atom stereocenters. The van der Waals surface area contributed by atoms with Gasteiger partial charge >= 0.3 is 0 Å². The Labute approximate surface area is 198 Å². The van der Waals surface area contributed by atoms with E-state index in [9.17, 15) is 13.2 Å². The molecule has 0 bridgehead atoms. The van der Waals surface area contributed by atoms with E-state index in [1.54, 1.807) is 74.7 Å². The van der Waals surface area contributed by atoms with Crippen LogP contribution in [0.25, 0.3) is 0 Å². The predicted molar refractivity (Wildman–Crippen MR) is 129 cm³/mol. The van der Waals surface area contributed by atoms with Gasteiger partial charge in [0, 0.05) is 5.02 Å². The van der Waals surface area contributed by atoms with Gasteiger partial charge in [0.2, 0.25) is 5.91 Å². The van der Waals surface area contributed by atoms with Crippen molar-refractivity contribution >= 4 is 33.2 Å². The lowest BCUT2D eigenvalue weighted by atomic mass is 10.3. The highest BCUT2D eigenvalue weighted by molar-refractivity contribution is 7.92. The minimum atomic E-state index is -3.99. The molecule has 0 aliphatic heterocycles. The molecule has 0 heterocycles. The number of ether oxygens (including phenoxy) is 2. The molecule has 1 amide bonds. The minimum Gasteiger partial charge on any atom is -0.497 e. The monoisotopic (exact) mass is 488 g/mol. The van der Waals surface area contributed by atoms with E-state index in [0.717, 1.165) is 4.31 Å². The summed E-state index contributed by atoms with van der Waals surface area (Å²) in [6, 6.07) is 21.0. The molecule has 3 aromatic rings. The van der Waals surface area contributed by atoms with Gasteiger partial charge in [-0.15, -0.1) is 0 Å². The Morgan fingerprint density at radius 2 is 1.67 bits per heavy atom. The summed E-state index contributed by atoms with van der Waals surface area (Å²) in [5, 5.41) is 3.15. The molecule has 0 aromatic heterocycles. The zero-order valence-electron chi connectivity index (χ0n) is 18.3. The summed E-state index contributed by atoms with van der Waals surface area (Å²) >= 11 is 6.08. The molecule has 33 heavy (non-hydrogen) atoms. The van der Waals surface area contributed by atoms with Crippen molar-refractivity contribution in [3.63, 3.8) is 0 Å². The summed E-state index contributed by atoms with van der Waals surface area (Å²) < 4.78 is 38.4. The Hall–Kier alpha value is -3.23. The molecule has 0 radical (unpaired) electrons. The molecule has 0 aliphatic carbocycles. The lowest BCUT2D eigenvalue weighted by Crippen LogP contribution is -2.45. The molecule has 0 saturated heterocycles. The van der Waals surface area contributed by atoms with Gasteiger partial charge in [-0.1, -0.05) is 35.9 Å². The number of carbonyl (C=O) groups is 1. The standard InChI is InChI=1S/C24H25ClN2O5S/c1-18(17-32-22-13-11-21(31-2)12-14-22)26-24(28)16-27(20-8-6-7-19(25)15-20)33(29,30)23-9-4-3-5-10-23/h3-15,18H,16-17H2,1-2H3,(H,26,28). The number of carbonyl (C=O) groups excluding carboxylic acids is 1. The Morgan fingerprint density at radius 3 is 2.30 bits per heavy atom. The quantitative estimate of drug-likeness (QED) is 0.464. The molecule has 174 valence electrons. The molecule has 1 unspecified atom stereocenters. The second-order valence-corrected chi connectivity index (χ2v) is 9.56. The van der Waals surface area contributed by atoms with E-state index in [4.69, 9.17) is 21.1 Å². The fourth-order valence-electron chi connectivity index (χ4n) is 3.05. The van der Waals surface area contributed by atoms with Crippen molar-refractivity contribution in [3.05, 3.63) is 83.9 Å². The van der Waals surface area contributed by atoms with Crippen molar-refractivity contribution in [3.8, 4) is 11.5 Å². The highest BCUT2D eigenvalue weighted by Crippen LogP contribution is 2.26. The predicted octanol–water partition coefficient (Wildman–Crippen LogP) is 4.13. The van der Waals surface area contributed by atoms with Crippen LogP contribution in [-0.2, 0) is 14.8 Å². The third-order valence-corrected chi connectivity index (χ3v) is 6.70. The van der Waals surface area contributed by atoms with Crippen LogP contribution >= 0.6 is 11.6 Å². The van der Waals surface area contributed by atoms with E-state index >= 15 is 0 Å². The second-order valence-electron chi connectivity index (χ2n) is 7.26. The van der Waals surface area contributed by atoms with Crippen LogP contribution in [0.2, 0.25) is 5.02 Å². The maximum absolute atomic E-state index is 13.3. The van der Waals surface area contributed by atoms with Crippen molar-refractivity contribution in [2.24, 2.45) is 0 Å². The number of hydrogen-bond donors (Lipinski definition) is 1. The summed E-state index contributed by atoms with van der Waals surface area (Å²) in [5.41, 5.74) is 0.295. The van der Waals surface area contributed by atoms with Crippen LogP contribution in [0, 0.1) is 0 Å². The third-order valence-electron chi connectivity index (χ3n) is 4.68. The highest BCUT2D eigenvalue weighted by Gasteiger charge is 2.27. The Bertz CT molecular complexity index is 1170. The average molecular weight is 489 g/mol. The van der Waals surface area contributed by atoms with Gasteiger partial charge in [0.15, 0.2) is 0 Å². The summed E-state index contributed by atoms with van der Waals surface area (Å²) in [6.07, 6.45) is 0. The largest absolute Gasteiger partial charge is 0.497 e. The van der Waals surface area contributed by atoms with E-state index in [2.05, 4.69) is 5.32 Å². The Balaban J connectivity index is 1.70. The van der Waals surface area contributed by atoms with Crippen LogP contribution in [-0.4, -0.2) is 40.6 Å². The SMILES string of the molecule is COc1ccc(OCC(C)NC(=O)CN(c2cccc(Cl)c2)S(=O)(=O)c2ccccc2)cc1. The number of nitrogens with zero attached hydrogens (tertiary/aromatic N) is 1. The zero-order valence-corrected chi connectivity index (χ0v) is 19.8. The summed E-state index contributed by atoms with van der Waals surface area (Å²) in [5.74, 6) is 0.869. The van der Waals surface area contributed by atoms with Crippen LogP contribution < -0.4 is 19.1 Å². The third kappa shape index (κ3) is 6.63. The zero-order chi connectivity index (χ0) is 23.8. The fourth-order valence-corrected chi connectivity index (χ4v) is 4.67. The van der Waals surface area contributed by atoms with Crippen molar-refractivity contribution in [2.75, 3.05) is 24.6 Å². The number of halogens is 1.